The van der Waals surface area contributed by atoms with Gasteiger partial charge in [0.2, 0.25) is 11.8 Å². The van der Waals surface area contributed by atoms with Gasteiger partial charge in [-0.1, -0.05) is 30.3 Å². The summed E-state index contributed by atoms with van der Waals surface area (Å²) in [5, 5.41) is 9.05. The summed E-state index contributed by atoms with van der Waals surface area (Å²) in [6.45, 7) is 2.52. The van der Waals surface area contributed by atoms with Crippen molar-refractivity contribution < 1.29 is 14.7 Å². The van der Waals surface area contributed by atoms with Crippen LogP contribution in [0.2, 0.25) is 0 Å². The molecule has 3 N–H and O–H groups in total. The molecule has 0 unspecified atom stereocenters. The van der Waals surface area contributed by atoms with E-state index in [1.165, 1.54) is 5.56 Å². The molecule has 2 heterocycles. The summed E-state index contributed by atoms with van der Waals surface area (Å²) in [5.74, 6) is 0.0521. The zero-order valence-electron chi connectivity index (χ0n) is 15.7. The summed E-state index contributed by atoms with van der Waals surface area (Å²) in [6.07, 6.45) is 4.21. The Hall–Kier alpha value is -1.63. The molecular weight excluding hydrogens is 366 g/mol. The highest BCUT2D eigenvalue weighted by Crippen LogP contribution is 2.41. The first-order valence-electron chi connectivity index (χ1n) is 9.50. The van der Waals surface area contributed by atoms with Crippen molar-refractivity contribution in [3.8, 4) is 0 Å². The molecule has 2 aliphatic heterocycles. The second-order valence-electron chi connectivity index (χ2n) is 7.70. The molecule has 1 spiro atoms. The Kier molecular flexibility index (Phi) is 7.65. The zero-order valence-corrected chi connectivity index (χ0v) is 16.5. The normalized spacial score (nSPS) is 19.9. The largest absolute Gasteiger partial charge is 0.394 e. The fourth-order valence-corrected chi connectivity index (χ4v) is 4.15. The molecule has 1 aromatic carbocycles. The topological polar surface area (TPSA) is 86.9 Å². The third-order valence-corrected chi connectivity index (χ3v) is 5.79. The quantitative estimate of drug-likeness (QED) is 0.757. The van der Waals surface area contributed by atoms with Gasteiger partial charge < -0.3 is 20.6 Å². The summed E-state index contributed by atoms with van der Waals surface area (Å²) >= 11 is 0. The maximum Gasteiger partial charge on any atom is 0.241 e. The standard InChI is InChI=1S/C20H29N3O3.ClH/c21-17(14-24)19(26)22-11-8-20(9-12-22)13-18(25)23(15-20)10-4-7-16-5-2-1-3-6-16;/h1-3,5-6,17,24H,4,7-15,21H2;1H/t17-;/m0./s1. The van der Waals surface area contributed by atoms with Crippen LogP contribution >= 0.6 is 12.4 Å². The maximum absolute atomic E-state index is 12.5. The predicted octanol–water partition coefficient (Wildman–Crippen LogP) is 1.20. The van der Waals surface area contributed by atoms with Crippen molar-refractivity contribution in [1.82, 2.24) is 9.80 Å². The lowest BCUT2D eigenvalue weighted by Gasteiger charge is -2.39. The number of nitrogens with two attached hydrogens (primary N) is 1. The van der Waals surface area contributed by atoms with Gasteiger partial charge in [0.25, 0.3) is 0 Å². The number of hydrogen-bond donors (Lipinski definition) is 2. The molecule has 2 amide bonds. The zero-order chi connectivity index (χ0) is 18.6. The Morgan fingerprint density at radius 3 is 2.52 bits per heavy atom. The molecule has 2 saturated heterocycles. The Bertz CT molecular complexity index is 633. The SMILES string of the molecule is Cl.N[C@@H](CO)C(=O)N1CCC2(CC1)CC(=O)N(CCCc1ccccc1)C2. The summed E-state index contributed by atoms with van der Waals surface area (Å²) in [5.41, 5.74) is 6.95. The number of rotatable bonds is 6. The first-order valence-corrected chi connectivity index (χ1v) is 9.50. The van der Waals surface area contributed by atoms with Crippen LogP contribution in [0, 0.1) is 5.41 Å². The number of hydrogen-bond acceptors (Lipinski definition) is 4. The van der Waals surface area contributed by atoms with Crippen LogP contribution in [0.4, 0.5) is 0 Å². The summed E-state index contributed by atoms with van der Waals surface area (Å²) < 4.78 is 0. The molecule has 0 radical (unpaired) electrons. The first-order chi connectivity index (χ1) is 12.5. The van der Waals surface area contributed by atoms with Crippen molar-refractivity contribution in [2.75, 3.05) is 32.8 Å². The van der Waals surface area contributed by atoms with Crippen molar-refractivity contribution in [3.63, 3.8) is 0 Å². The van der Waals surface area contributed by atoms with Gasteiger partial charge >= 0.3 is 0 Å². The molecule has 1 aromatic rings. The highest BCUT2D eigenvalue weighted by atomic mass is 35.5. The van der Waals surface area contributed by atoms with E-state index in [9.17, 15) is 9.59 Å². The number of likely N-dealkylation sites (tertiary alicyclic amines) is 2. The maximum atomic E-state index is 12.5. The second kappa shape index (κ2) is 9.53. The van der Waals surface area contributed by atoms with Gasteiger partial charge in [-0.15, -0.1) is 12.4 Å². The average molecular weight is 396 g/mol. The molecule has 0 bridgehead atoms. The van der Waals surface area contributed by atoms with Gasteiger partial charge in [0.1, 0.15) is 6.04 Å². The van der Waals surface area contributed by atoms with Gasteiger partial charge in [-0.05, 0) is 31.2 Å². The third-order valence-electron chi connectivity index (χ3n) is 5.79. The number of carbonyl (C=O) groups is 2. The smallest absolute Gasteiger partial charge is 0.241 e. The summed E-state index contributed by atoms with van der Waals surface area (Å²) in [6, 6.07) is 9.52. The van der Waals surface area contributed by atoms with E-state index in [1.807, 2.05) is 23.1 Å². The first kappa shape index (κ1) is 21.7. The Morgan fingerprint density at radius 2 is 1.89 bits per heavy atom. The van der Waals surface area contributed by atoms with Crippen molar-refractivity contribution >= 4 is 24.2 Å². The van der Waals surface area contributed by atoms with E-state index in [4.69, 9.17) is 10.8 Å². The van der Waals surface area contributed by atoms with Crippen molar-refractivity contribution in [1.29, 1.82) is 0 Å². The molecule has 7 heteroatoms. The minimum absolute atomic E-state index is 0. The number of amides is 2. The van der Waals surface area contributed by atoms with Gasteiger partial charge in [-0.25, -0.2) is 0 Å². The number of aliphatic hydroxyl groups is 1. The molecule has 27 heavy (non-hydrogen) atoms. The number of benzene rings is 1. The summed E-state index contributed by atoms with van der Waals surface area (Å²) in [4.78, 5) is 28.3. The molecule has 150 valence electrons. The number of aryl methyl sites for hydroxylation is 1. The van der Waals surface area contributed by atoms with Gasteiger partial charge in [-0.3, -0.25) is 9.59 Å². The molecular formula is C20H30ClN3O3. The molecule has 3 rings (SSSR count). The van der Waals surface area contributed by atoms with Gasteiger partial charge in [-0.2, -0.15) is 0 Å². The van der Waals surface area contributed by atoms with Gasteiger partial charge in [0, 0.05) is 38.0 Å². The molecule has 0 saturated carbocycles. The van der Waals surface area contributed by atoms with E-state index < -0.39 is 6.04 Å². The van der Waals surface area contributed by atoms with E-state index >= 15 is 0 Å². The van der Waals surface area contributed by atoms with Crippen LogP contribution in [-0.4, -0.2) is 65.5 Å². The minimum Gasteiger partial charge on any atom is -0.394 e. The molecule has 6 nitrogen and oxygen atoms in total. The average Bonchev–Trinajstić information content (AvgIpc) is 2.97. The molecule has 0 aromatic heterocycles. The highest BCUT2D eigenvalue weighted by Gasteiger charge is 2.45. The predicted molar refractivity (Wildman–Crippen MR) is 107 cm³/mol. The monoisotopic (exact) mass is 395 g/mol. The number of carbonyl (C=O) groups excluding carboxylic acids is 2. The number of piperidine rings is 1. The van der Waals surface area contributed by atoms with Crippen LogP contribution in [0.15, 0.2) is 30.3 Å². The van der Waals surface area contributed by atoms with Gasteiger partial charge in [0.05, 0.1) is 6.61 Å². The number of aliphatic hydroxyl groups excluding tert-OH is 1. The highest BCUT2D eigenvalue weighted by molar-refractivity contribution is 5.85. The fraction of sp³-hybridized carbons (Fsp3) is 0.600. The van der Waals surface area contributed by atoms with Crippen LogP contribution in [-0.2, 0) is 16.0 Å². The van der Waals surface area contributed by atoms with Crippen molar-refractivity contribution in [2.45, 2.75) is 38.1 Å². The second-order valence-corrected chi connectivity index (χ2v) is 7.70. The Morgan fingerprint density at radius 1 is 1.22 bits per heavy atom. The molecule has 0 aliphatic carbocycles. The van der Waals surface area contributed by atoms with E-state index in [0.717, 1.165) is 38.8 Å². The molecule has 1 atom stereocenters. The van der Waals surface area contributed by atoms with Gasteiger partial charge in [0.15, 0.2) is 0 Å². The fourth-order valence-electron chi connectivity index (χ4n) is 4.15. The van der Waals surface area contributed by atoms with E-state index in [0.29, 0.717) is 19.5 Å². The van der Waals surface area contributed by atoms with Crippen LogP contribution in [0.3, 0.4) is 0 Å². The van der Waals surface area contributed by atoms with E-state index in [-0.39, 0.29) is 36.2 Å². The lowest BCUT2D eigenvalue weighted by molar-refractivity contribution is -0.135. The summed E-state index contributed by atoms with van der Waals surface area (Å²) in [7, 11) is 0. The Balaban J connectivity index is 0.00000261. The van der Waals surface area contributed by atoms with Crippen LogP contribution in [0.1, 0.15) is 31.2 Å². The molecule has 2 fully saturated rings. The third kappa shape index (κ3) is 5.21. The molecule has 2 aliphatic rings. The van der Waals surface area contributed by atoms with Crippen molar-refractivity contribution in [3.05, 3.63) is 35.9 Å². The van der Waals surface area contributed by atoms with E-state index in [2.05, 4.69) is 12.1 Å². The number of halogens is 1. The van der Waals surface area contributed by atoms with Crippen LogP contribution < -0.4 is 5.73 Å². The van der Waals surface area contributed by atoms with Crippen molar-refractivity contribution in [2.24, 2.45) is 11.1 Å². The van der Waals surface area contributed by atoms with Crippen LogP contribution in [0.25, 0.3) is 0 Å². The van der Waals surface area contributed by atoms with Crippen LogP contribution in [0.5, 0.6) is 0 Å². The van der Waals surface area contributed by atoms with E-state index in [1.54, 1.807) is 4.90 Å². The minimum atomic E-state index is -0.830. The lowest BCUT2D eigenvalue weighted by Crippen LogP contribution is -2.51. The Labute approximate surface area is 167 Å². The lowest BCUT2D eigenvalue weighted by atomic mass is 9.77. The number of nitrogens with zero attached hydrogens (tertiary/aromatic N) is 2.